The highest BCUT2D eigenvalue weighted by Gasteiger charge is 2.41. The van der Waals surface area contributed by atoms with E-state index in [2.05, 4.69) is 47.3 Å². The van der Waals surface area contributed by atoms with Gasteiger partial charge in [0.15, 0.2) is 0 Å². The van der Waals surface area contributed by atoms with Crippen LogP contribution in [-0.4, -0.2) is 91.0 Å². The zero-order chi connectivity index (χ0) is 26.2. The molecule has 37 heavy (non-hydrogen) atoms. The van der Waals surface area contributed by atoms with Crippen LogP contribution in [0.15, 0.2) is 36.5 Å². The van der Waals surface area contributed by atoms with Crippen LogP contribution in [0.5, 0.6) is 0 Å². The van der Waals surface area contributed by atoms with Crippen LogP contribution in [0.1, 0.15) is 37.6 Å². The Morgan fingerprint density at radius 1 is 1.22 bits per heavy atom. The molecule has 2 saturated heterocycles. The van der Waals surface area contributed by atoms with Gasteiger partial charge in [-0.05, 0) is 42.7 Å². The number of hydrogen-bond acceptors (Lipinski definition) is 6. The molecule has 0 bridgehead atoms. The fourth-order valence-corrected chi connectivity index (χ4v) is 5.74. The zero-order valence-corrected chi connectivity index (χ0v) is 22.0. The van der Waals surface area contributed by atoms with E-state index in [9.17, 15) is 14.0 Å². The van der Waals surface area contributed by atoms with Gasteiger partial charge in [-0.25, -0.2) is 4.39 Å². The Hall–Kier alpha value is -2.88. The number of fused-ring (bicyclic) bond motifs is 1. The lowest BCUT2D eigenvalue weighted by Crippen LogP contribution is -2.62. The molecule has 5 rings (SSSR count). The molecule has 9 heteroatoms. The Morgan fingerprint density at radius 2 is 2.00 bits per heavy atom. The molecule has 2 aromatic rings. The van der Waals surface area contributed by atoms with E-state index in [1.165, 1.54) is 12.1 Å². The summed E-state index contributed by atoms with van der Waals surface area (Å²) in [4.78, 5) is 36.8. The number of anilines is 1. The van der Waals surface area contributed by atoms with E-state index < -0.39 is 0 Å². The second-order valence-corrected chi connectivity index (χ2v) is 11.4. The fourth-order valence-electron chi connectivity index (χ4n) is 5.74. The van der Waals surface area contributed by atoms with E-state index in [1.807, 2.05) is 11.1 Å². The van der Waals surface area contributed by atoms with Crippen LogP contribution in [0.2, 0.25) is 0 Å². The maximum absolute atomic E-state index is 13.8. The summed E-state index contributed by atoms with van der Waals surface area (Å²) < 4.78 is 13.3. The first-order valence-corrected chi connectivity index (χ1v) is 13.2. The van der Waals surface area contributed by atoms with Crippen molar-refractivity contribution in [2.75, 3.05) is 57.3 Å². The maximum atomic E-state index is 13.8. The van der Waals surface area contributed by atoms with Crippen LogP contribution < -0.4 is 15.5 Å². The standard InChI is InChI=1S/C28H37FN6O2/c1-19-14-34(23(13-31-19)15-33-9-8-30-25(36)16-33)17-26(37)35-18-28(2,3)27-24(35)11-21(12-32-27)10-20-4-6-22(29)7-5-20/h4-7,11-12,19,23,31H,8-10,13-18H2,1-3H3,(H,30,36)/t19-,23-/m1/s1. The van der Waals surface area contributed by atoms with Gasteiger partial charge in [0.05, 0.1) is 24.5 Å². The van der Waals surface area contributed by atoms with Gasteiger partial charge in [0.2, 0.25) is 11.8 Å². The van der Waals surface area contributed by atoms with E-state index in [4.69, 9.17) is 4.98 Å². The molecule has 2 N–H and O–H groups in total. The Bertz CT molecular complexity index is 1150. The minimum Gasteiger partial charge on any atom is -0.354 e. The predicted octanol–water partition coefficient (Wildman–Crippen LogP) is 1.53. The Labute approximate surface area is 218 Å². The van der Waals surface area contributed by atoms with Crippen LogP contribution in [0.3, 0.4) is 0 Å². The summed E-state index contributed by atoms with van der Waals surface area (Å²) in [5.74, 6) is -0.118. The van der Waals surface area contributed by atoms with Crippen molar-refractivity contribution < 1.29 is 14.0 Å². The molecule has 4 heterocycles. The molecule has 0 saturated carbocycles. The van der Waals surface area contributed by atoms with Gasteiger partial charge in [-0.3, -0.25) is 24.4 Å². The lowest BCUT2D eigenvalue weighted by Gasteiger charge is -2.42. The van der Waals surface area contributed by atoms with Crippen LogP contribution >= 0.6 is 0 Å². The van der Waals surface area contributed by atoms with Gasteiger partial charge in [-0.2, -0.15) is 0 Å². The Balaban J connectivity index is 1.32. The normalized spacial score (nSPS) is 24.1. The number of amides is 2. The van der Waals surface area contributed by atoms with Crippen molar-refractivity contribution in [3.63, 3.8) is 0 Å². The average molecular weight is 509 g/mol. The number of benzene rings is 1. The van der Waals surface area contributed by atoms with E-state index in [-0.39, 0.29) is 29.1 Å². The number of hydrogen-bond donors (Lipinski definition) is 2. The second-order valence-electron chi connectivity index (χ2n) is 11.4. The number of nitrogens with one attached hydrogen (secondary N) is 2. The van der Waals surface area contributed by atoms with Crippen molar-refractivity contribution in [3.8, 4) is 0 Å². The summed E-state index contributed by atoms with van der Waals surface area (Å²) in [5, 5.41) is 6.42. The first kappa shape index (κ1) is 25.8. The summed E-state index contributed by atoms with van der Waals surface area (Å²) in [6, 6.07) is 9.03. The average Bonchev–Trinajstić information content (AvgIpc) is 3.12. The molecule has 2 fully saturated rings. The van der Waals surface area contributed by atoms with Gasteiger partial charge < -0.3 is 15.5 Å². The molecule has 1 aromatic carbocycles. The first-order chi connectivity index (χ1) is 17.7. The minimum absolute atomic E-state index is 0.0610. The molecule has 0 unspecified atom stereocenters. The second kappa shape index (κ2) is 10.5. The number of nitrogens with zero attached hydrogens (tertiary/aromatic N) is 4. The third kappa shape index (κ3) is 5.84. The molecule has 2 amide bonds. The van der Waals surface area contributed by atoms with Gasteiger partial charge in [-0.1, -0.05) is 26.0 Å². The number of pyridine rings is 1. The van der Waals surface area contributed by atoms with Crippen molar-refractivity contribution in [2.45, 2.75) is 44.7 Å². The lowest BCUT2D eigenvalue weighted by atomic mass is 9.91. The van der Waals surface area contributed by atoms with Crippen molar-refractivity contribution in [2.24, 2.45) is 0 Å². The highest BCUT2D eigenvalue weighted by molar-refractivity contribution is 5.97. The topological polar surface area (TPSA) is 80.8 Å². The SMILES string of the molecule is C[C@@H]1CN(CC(=O)N2CC(C)(C)c3ncc(Cc4ccc(F)cc4)cc32)[C@@H](CN2CCNC(=O)C2)CN1. The van der Waals surface area contributed by atoms with E-state index in [0.29, 0.717) is 38.6 Å². The number of piperazine rings is 2. The van der Waals surface area contributed by atoms with Gasteiger partial charge in [0.25, 0.3) is 0 Å². The van der Waals surface area contributed by atoms with Crippen molar-refractivity contribution in [1.82, 2.24) is 25.4 Å². The number of carbonyl (C=O) groups excluding carboxylic acids is 2. The van der Waals surface area contributed by atoms with Crippen molar-refractivity contribution >= 4 is 17.5 Å². The van der Waals surface area contributed by atoms with Gasteiger partial charge in [0.1, 0.15) is 5.82 Å². The molecule has 3 aliphatic rings. The third-order valence-electron chi connectivity index (χ3n) is 7.68. The molecule has 198 valence electrons. The zero-order valence-electron chi connectivity index (χ0n) is 22.0. The Morgan fingerprint density at radius 3 is 2.76 bits per heavy atom. The van der Waals surface area contributed by atoms with Gasteiger partial charge in [-0.15, -0.1) is 0 Å². The molecule has 1 aromatic heterocycles. The van der Waals surface area contributed by atoms with Gasteiger partial charge >= 0.3 is 0 Å². The summed E-state index contributed by atoms with van der Waals surface area (Å²) >= 11 is 0. The fraction of sp³-hybridized carbons (Fsp3) is 0.536. The van der Waals surface area contributed by atoms with E-state index in [0.717, 1.165) is 48.7 Å². The first-order valence-electron chi connectivity index (χ1n) is 13.2. The Kier molecular flexibility index (Phi) is 7.29. The molecule has 0 radical (unpaired) electrons. The monoisotopic (exact) mass is 508 g/mol. The molecule has 2 atom stereocenters. The van der Waals surface area contributed by atoms with Crippen molar-refractivity contribution in [3.05, 3.63) is 59.2 Å². The summed E-state index contributed by atoms with van der Waals surface area (Å²) in [6.07, 6.45) is 2.50. The highest BCUT2D eigenvalue weighted by Crippen LogP contribution is 2.39. The molecule has 8 nitrogen and oxygen atoms in total. The summed E-state index contributed by atoms with van der Waals surface area (Å²) in [7, 11) is 0. The molecule has 0 spiro atoms. The van der Waals surface area contributed by atoms with Crippen LogP contribution in [-0.2, 0) is 21.4 Å². The number of rotatable bonds is 6. The molecular formula is C28H37FN6O2. The lowest BCUT2D eigenvalue weighted by molar-refractivity contribution is -0.125. The number of halogens is 1. The largest absolute Gasteiger partial charge is 0.354 e. The quantitative estimate of drug-likeness (QED) is 0.616. The number of aromatic nitrogens is 1. The maximum Gasteiger partial charge on any atom is 0.241 e. The predicted molar refractivity (Wildman–Crippen MR) is 141 cm³/mol. The molecule has 0 aliphatic carbocycles. The number of carbonyl (C=O) groups is 2. The van der Waals surface area contributed by atoms with Crippen LogP contribution in [0.4, 0.5) is 10.1 Å². The highest BCUT2D eigenvalue weighted by atomic mass is 19.1. The minimum atomic E-state index is -0.251. The third-order valence-corrected chi connectivity index (χ3v) is 7.68. The van der Waals surface area contributed by atoms with E-state index >= 15 is 0 Å². The van der Waals surface area contributed by atoms with Crippen molar-refractivity contribution in [1.29, 1.82) is 0 Å². The van der Waals surface area contributed by atoms with E-state index in [1.54, 1.807) is 12.1 Å². The summed E-state index contributed by atoms with van der Waals surface area (Å²) in [6.45, 7) is 11.5. The smallest absolute Gasteiger partial charge is 0.241 e. The molecule has 3 aliphatic heterocycles. The van der Waals surface area contributed by atoms with Crippen LogP contribution in [0.25, 0.3) is 0 Å². The summed E-state index contributed by atoms with van der Waals surface area (Å²) in [5.41, 5.74) is 3.58. The van der Waals surface area contributed by atoms with Crippen LogP contribution in [0, 0.1) is 5.82 Å². The molecular weight excluding hydrogens is 471 g/mol. The van der Waals surface area contributed by atoms with Gasteiger partial charge in [0, 0.05) is 63.0 Å².